The van der Waals surface area contributed by atoms with E-state index in [0.29, 0.717) is 11.6 Å². The van der Waals surface area contributed by atoms with Crippen molar-refractivity contribution in [2.24, 2.45) is 5.92 Å². The third kappa shape index (κ3) is 4.44. The van der Waals surface area contributed by atoms with E-state index in [4.69, 9.17) is 0 Å². The molecule has 92 valence electrons. The monoisotopic (exact) mass is 234 g/mol. The van der Waals surface area contributed by atoms with Crippen LogP contribution in [0, 0.1) is 23.1 Å². The van der Waals surface area contributed by atoms with Crippen molar-refractivity contribution >= 4 is 5.69 Å². The van der Waals surface area contributed by atoms with Gasteiger partial charge in [0.25, 0.3) is 0 Å². The van der Waals surface area contributed by atoms with Gasteiger partial charge in [-0.15, -0.1) is 0 Å². The quantitative estimate of drug-likeness (QED) is 0.837. The second-order valence-electron chi connectivity index (χ2n) is 5.01. The summed E-state index contributed by atoms with van der Waals surface area (Å²) in [6, 6.07) is 8.48. The van der Waals surface area contributed by atoms with Gasteiger partial charge >= 0.3 is 0 Å². The Kier molecular flexibility index (Phi) is 4.51. The van der Waals surface area contributed by atoms with Crippen LogP contribution in [0.1, 0.15) is 33.6 Å². The van der Waals surface area contributed by atoms with Gasteiger partial charge in [0.2, 0.25) is 0 Å². The molecule has 1 aromatic rings. The molecular formula is C14H19FN2. The van der Waals surface area contributed by atoms with Crippen LogP contribution in [0.4, 0.5) is 10.1 Å². The molecule has 1 rings (SSSR count). The van der Waals surface area contributed by atoms with Gasteiger partial charge in [-0.05, 0) is 43.9 Å². The highest BCUT2D eigenvalue weighted by molar-refractivity contribution is 5.47. The van der Waals surface area contributed by atoms with E-state index in [2.05, 4.69) is 25.2 Å². The first-order chi connectivity index (χ1) is 7.95. The molecule has 17 heavy (non-hydrogen) atoms. The first-order valence-electron chi connectivity index (χ1n) is 5.90. The summed E-state index contributed by atoms with van der Waals surface area (Å²) in [7, 11) is 0. The predicted molar refractivity (Wildman–Crippen MR) is 68.1 cm³/mol. The first-order valence-corrected chi connectivity index (χ1v) is 5.90. The number of rotatable bonds is 5. The highest BCUT2D eigenvalue weighted by Gasteiger charge is 2.23. The molecule has 1 atom stereocenters. The van der Waals surface area contributed by atoms with Gasteiger partial charge in [-0.25, -0.2) is 4.39 Å². The van der Waals surface area contributed by atoms with Gasteiger partial charge in [-0.3, -0.25) is 0 Å². The molecule has 0 aromatic heterocycles. The van der Waals surface area contributed by atoms with Crippen molar-refractivity contribution in [2.45, 2.75) is 39.2 Å². The van der Waals surface area contributed by atoms with E-state index >= 15 is 0 Å². The molecule has 0 saturated carbocycles. The summed E-state index contributed by atoms with van der Waals surface area (Å²) in [5.41, 5.74) is 0.00994. The number of hydrogen-bond acceptors (Lipinski definition) is 2. The zero-order chi connectivity index (χ0) is 12.9. The van der Waals surface area contributed by atoms with Crippen LogP contribution < -0.4 is 5.32 Å². The second-order valence-corrected chi connectivity index (χ2v) is 5.01. The molecule has 1 N–H and O–H groups in total. The van der Waals surface area contributed by atoms with Crippen LogP contribution in [0.2, 0.25) is 0 Å². The van der Waals surface area contributed by atoms with Gasteiger partial charge < -0.3 is 5.32 Å². The maximum atomic E-state index is 13.0. The smallest absolute Gasteiger partial charge is 0.125 e. The Hall–Kier alpha value is -1.56. The molecular weight excluding hydrogens is 215 g/mol. The van der Waals surface area contributed by atoms with E-state index < -0.39 is 5.54 Å². The topological polar surface area (TPSA) is 35.8 Å². The minimum Gasteiger partial charge on any atom is -0.368 e. The van der Waals surface area contributed by atoms with E-state index in [1.54, 1.807) is 12.1 Å². The summed E-state index contributed by atoms with van der Waals surface area (Å²) < 4.78 is 13.0. The second kappa shape index (κ2) is 5.67. The standard InChI is InChI=1S/C14H19FN2/c1-11(2)7-8-14(3,10-16)17-13-6-4-5-12(15)9-13/h4-6,9,11,17H,7-8H2,1-3H3. The summed E-state index contributed by atoms with van der Waals surface area (Å²) in [5.74, 6) is 0.260. The van der Waals surface area contributed by atoms with Crippen molar-refractivity contribution in [3.8, 4) is 6.07 Å². The van der Waals surface area contributed by atoms with Gasteiger partial charge in [0.15, 0.2) is 0 Å². The molecule has 0 fully saturated rings. The van der Waals surface area contributed by atoms with E-state index in [1.165, 1.54) is 12.1 Å². The molecule has 0 spiro atoms. The molecule has 0 saturated heterocycles. The van der Waals surface area contributed by atoms with E-state index in [0.717, 1.165) is 12.8 Å². The lowest BCUT2D eigenvalue weighted by Gasteiger charge is -2.25. The average Bonchev–Trinajstić information content (AvgIpc) is 2.26. The first kappa shape index (κ1) is 13.5. The molecule has 0 aliphatic carbocycles. The van der Waals surface area contributed by atoms with Gasteiger partial charge in [-0.1, -0.05) is 19.9 Å². The number of anilines is 1. The molecule has 0 amide bonds. The highest BCUT2D eigenvalue weighted by Crippen LogP contribution is 2.22. The summed E-state index contributed by atoms with van der Waals surface area (Å²) in [6.07, 6.45) is 1.71. The van der Waals surface area contributed by atoms with E-state index in [-0.39, 0.29) is 5.82 Å². The van der Waals surface area contributed by atoms with Crippen LogP contribution in [0.3, 0.4) is 0 Å². The Bertz CT molecular complexity index is 409. The Balaban J connectivity index is 2.72. The fourth-order valence-electron chi connectivity index (χ4n) is 1.61. The molecule has 3 heteroatoms. The van der Waals surface area contributed by atoms with Crippen molar-refractivity contribution in [3.63, 3.8) is 0 Å². The van der Waals surface area contributed by atoms with Crippen molar-refractivity contribution < 1.29 is 4.39 Å². The lowest BCUT2D eigenvalue weighted by atomic mass is 9.93. The van der Waals surface area contributed by atoms with Crippen molar-refractivity contribution in [3.05, 3.63) is 30.1 Å². The van der Waals surface area contributed by atoms with Crippen LogP contribution in [0.5, 0.6) is 0 Å². The van der Waals surface area contributed by atoms with Crippen LogP contribution in [-0.2, 0) is 0 Å². The third-order valence-corrected chi connectivity index (χ3v) is 2.71. The molecule has 0 aliphatic heterocycles. The molecule has 0 bridgehead atoms. The van der Waals surface area contributed by atoms with Gasteiger partial charge in [0.1, 0.15) is 11.4 Å². The van der Waals surface area contributed by atoms with Crippen LogP contribution in [0.15, 0.2) is 24.3 Å². The van der Waals surface area contributed by atoms with Gasteiger partial charge in [0.05, 0.1) is 6.07 Å². The minimum atomic E-state index is -0.641. The lowest BCUT2D eigenvalue weighted by molar-refractivity contribution is 0.479. The third-order valence-electron chi connectivity index (χ3n) is 2.71. The fraction of sp³-hybridized carbons (Fsp3) is 0.500. The van der Waals surface area contributed by atoms with Crippen molar-refractivity contribution in [2.75, 3.05) is 5.32 Å². The molecule has 0 radical (unpaired) electrons. The number of hydrogen-bond donors (Lipinski definition) is 1. The van der Waals surface area contributed by atoms with Gasteiger partial charge in [0, 0.05) is 5.69 Å². The van der Waals surface area contributed by atoms with Crippen molar-refractivity contribution in [1.82, 2.24) is 0 Å². The maximum absolute atomic E-state index is 13.0. The number of halogens is 1. The normalized spacial score (nSPS) is 14.1. The summed E-state index contributed by atoms with van der Waals surface area (Å²) in [5, 5.41) is 12.3. The minimum absolute atomic E-state index is 0.292. The zero-order valence-corrected chi connectivity index (χ0v) is 10.6. The highest BCUT2D eigenvalue weighted by atomic mass is 19.1. The zero-order valence-electron chi connectivity index (χ0n) is 10.6. The predicted octanol–water partition coefficient (Wildman–Crippen LogP) is 3.96. The number of nitriles is 1. The Morgan fingerprint density at radius 2 is 2.18 bits per heavy atom. The maximum Gasteiger partial charge on any atom is 0.125 e. The van der Waals surface area contributed by atoms with Gasteiger partial charge in [-0.2, -0.15) is 5.26 Å². The number of nitrogens with zero attached hydrogens (tertiary/aromatic N) is 1. The van der Waals surface area contributed by atoms with Crippen LogP contribution in [-0.4, -0.2) is 5.54 Å². The Morgan fingerprint density at radius 3 is 2.71 bits per heavy atom. The van der Waals surface area contributed by atoms with Crippen molar-refractivity contribution in [1.29, 1.82) is 5.26 Å². The molecule has 0 heterocycles. The molecule has 1 aromatic carbocycles. The number of nitrogens with one attached hydrogen (secondary N) is 1. The molecule has 2 nitrogen and oxygen atoms in total. The number of benzene rings is 1. The summed E-state index contributed by atoms with van der Waals surface area (Å²) >= 11 is 0. The summed E-state index contributed by atoms with van der Waals surface area (Å²) in [4.78, 5) is 0. The lowest BCUT2D eigenvalue weighted by Crippen LogP contribution is -2.33. The fourth-order valence-corrected chi connectivity index (χ4v) is 1.61. The van der Waals surface area contributed by atoms with E-state index in [1.807, 2.05) is 6.92 Å². The molecule has 0 aliphatic rings. The van der Waals surface area contributed by atoms with E-state index in [9.17, 15) is 9.65 Å². The Morgan fingerprint density at radius 1 is 1.47 bits per heavy atom. The largest absolute Gasteiger partial charge is 0.368 e. The molecule has 1 unspecified atom stereocenters. The summed E-state index contributed by atoms with van der Waals surface area (Å²) in [6.45, 7) is 6.10. The van der Waals surface area contributed by atoms with Crippen LogP contribution >= 0.6 is 0 Å². The van der Waals surface area contributed by atoms with Crippen LogP contribution in [0.25, 0.3) is 0 Å². The SMILES string of the molecule is CC(C)CCC(C)(C#N)Nc1cccc(F)c1. The Labute approximate surface area is 102 Å². The average molecular weight is 234 g/mol.